The highest BCUT2D eigenvalue weighted by molar-refractivity contribution is 5.67. The van der Waals surface area contributed by atoms with Crippen molar-refractivity contribution in [1.29, 1.82) is 0 Å². The summed E-state index contributed by atoms with van der Waals surface area (Å²) >= 11 is 0. The van der Waals surface area contributed by atoms with Crippen LogP contribution in [0.4, 0.5) is 5.95 Å². The molecule has 2 aromatic rings. The molecule has 0 saturated carbocycles. The zero-order chi connectivity index (χ0) is 13.8. The lowest BCUT2D eigenvalue weighted by Crippen LogP contribution is -2.22. The van der Waals surface area contributed by atoms with Gasteiger partial charge in [0.2, 0.25) is 0 Å². The summed E-state index contributed by atoms with van der Waals surface area (Å²) in [6.45, 7) is 5.62. The number of benzene rings is 1. The first-order valence-corrected chi connectivity index (χ1v) is 6.16. The molecular formula is C13H17N3O3. The summed E-state index contributed by atoms with van der Waals surface area (Å²) in [6, 6.07) is 5.13. The van der Waals surface area contributed by atoms with Crippen LogP contribution in [-0.4, -0.2) is 35.4 Å². The highest BCUT2D eigenvalue weighted by Crippen LogP contribution is 2.36. The van der Waals surface area contributed by atoms with Crippen molar-refractivity contribution in [2.24, 2.45) is 0 Å². The van der Waals surface area contributed by atoms with Crippen LogP contribution >= 0.6 is 0 Å². The molecule has 1 N–H and O–H groups in total. The second-order valence-corrected chi connectivity index (χ2v) is 3.93. The fraction of sp³-hybridized carbons (Fsp3) is 0.385. The summed E-state index contributed by atoms with van der Waals surface area (Å²) < 4.78 is 10.3. The molecule has 1 aromatic heterocycles. The van der Waals surface area contributed by atoms with Gasteiger partial charge in [-0.3, -0.25) is 0 Å². The number of aromatic hydroxyl groups is 1. The van der Waals surface area contributed by atoms with Gasteiger partial charge in [-0.1, -0.05) is 6.07 Å². The molecule has 0 radical (unpaired) electrons. The lowest BCUT2D eigenvalue weighted by atomic mass is 10.2. The number of ether oxygens (including phenoxy) is 1. The van der Waals surface area contributed by atoms with Crippen molar-refractivity contribution in [3.63, 3.8) is 0 Å². The zero-order valence-electron chi connectivity index (χ0n) is 11.3. The largest absolute Gasteiger partial charge is 0.504 e. The molecule has 1 heterocycles. The summed E-state index contributed by atoms with van der Waals surface area (Å²) in [5.41, 5.74) is 0.463. The van der Waals surface area contributed by atoms with Crippen LogP contribution in [0, 0.1) is 0 Å². The van der Waals surface area contributed by atoms with E-state index in [-0.39, 0.29) is 11.6 Å². The van der Waals surface area contributed by atoms with Crippen LogP contribution in [0.25, 0.3) is 11.5 Å². The molecule has 0 fully saturated rings. The van der Waals surface area contributed by atoms with Gasteiger partial charge in [0.25, 0.3) is 11.8 Å². The van der Waals surface area contributed by atoms with Crippen molar-refractivity contribution in [3.05, 3.63) is 18.2 Å². The van der Waals surface area contributed by atoms with Gasteiger partial charge in [-0.15, -0.1) is 0 Å². The molecule has 0 unspecified atom stereocenters. The van der Waals surface area contributed by atoms with Crippen LogP contribution in [0.15, 0.2) is 22.7 Å². The monoisotopic (exact) mass is 263 g/mol. The fourth-order valence-electron chi connectivity index (χ4n) is 1.82. The van der Waals surface area contributed by atoms with Gasteiger partial charge in [0, 0.05) is 13.1 Å². The van der Waals surface area contributed by atoms with Crippen LogP contribution < -0.4 is 9.64 Å². The average molecular weight is 263 g/mol. The smallest absolute Gasteiger partial charge is 0.266 e. The highest BCUT2D eigenvalue weighted by atomic mass is 16.5. The molecule has 0 amide bonds. The minimum atomic E-state index is -0.000234. The van der Waals surface area contributed by atoms with E-state index < -0.39 is 0 Å². The molecule has 0 aliphatic carbocycles. The SMILES string of the molecule is CCN(CC)c1noc(-c2cccc(OC)c2O)n1. The summed E-state index contributed by atoms with van der Waals surface area (Å²) in [7, 11) is 1.49. The van der Waals surface area contributed by atoms with Gasteiger partial charge < -0.3 is 19.3 Å². The Morgan fingerprint density at radius 3 is 2.68 bits per heavy atom. The van der Waals surface area contributed by atoms with E-state index in [9.17, 15) is 5.11 Å². The molecule has 6 nitrogen and oxygen atoms in total. The molecule has 0 aliphatic heterocycles. The normalized spacial score (nSPS) is 10.5. The van der Waals surface area contributed by atoms with Crippen molar-refractivity contribution in [1.82, 2.24) is 10.1 Å². The maximum Gasteiger partial charge on any atom is 0.266 e. The number of phenolic OH excluding ortho intramolecular Hbond substituents is 1. The first-order valence-electron chi connectivity index (χ1n) is 6.16. The minimum absolute atomic E-state index is 0.000234. The predicted octanol–water partition coefficient (Wildman–Crippen LogP) is 2.30. The lowest BCUT2D eigenvalue weighted by molar-refractivity contribution is 0.371. The van der Waals surface area contributed by atoms with Crippen molar-refractivity contribution in [2.75, 3.05) is 25.1 Å². The molecule has 0 aliphatic rings. The fourth-order valence-corrected chi connectivity index (χ4v) is 1.82. The van der Waals surface area contributed by atoms with E-state index in [1.807, 2.05) is 18.7 Å². The molecular weight excluding hydrogens is 246 g/mol. The Balaban J connectivity index is 2.38. The van der Waals surface area contributed by atoms with Crippen molar-refractivity contribution in [3.8, 4) is 23.0 Å². The average Bonchev–Trinajstić information content (AvgIpc) is 2.90. The molecule has 1 aromatic carbocycles. The Morgan fingerprint density at radius 1 is 1.32 bits per heavy atom. The maximum absolute atomic E-state index is 10.0. The standard InChI is InChI=1S/C13H17N3O3/c1-4-16(5-2)13-14-12(19-15-13)9-7-6-8-10(18-3)11(9)17/h6-8,17H,4-5H2,1-3H3. The number of aromatic nitrogens is 2. The summed E-state index contributed by atoms with van der Waals surface area (Å²) in [6.07, 6.45) is 0. The quantitative estimate of drug-likeness (QED) is 0.892. The first-order chi connectivity index (χ1) is 9.21. The van der Waals surface area contributed by atoms with Crippen LogP contribution in [0.5, 0.6) is 11.5 Å². The number of hydrogen-bond acceptors (Lipinski definition) is 6. The van der Waals surface area contributed by atoms with Crippen LogP contribution in [0.2, 0.25) is 0 Å². The number of anilines is 1. The highest BCUT2D eigenvalue weighted by Gasteiger charge is 2.17. The van der Waals surface area contributed by atoms with E-state index in [1.165, 1.54) is 7.11 Å². The molecule has 6 heteroatoms. The van der Waals surface area contributed by atoms with E-state index in [0.717, 1.165) is 13.1 Å². The van der Waals surface area contributed by atoms with E-state index in [1.54, 1.807) is 18.2 Å². The van der Waals surface area contributed by atoms with E-state index in [0.29, 0.717) is 17.3 Å². The Kier molecular flexibility index (Phi) is 3.89. The molecule has 0 saturated heterocycles. The van der Waals surface area contributed by atoms with Crippen LogP contribution in [0.3, 0.4) is 0 Å². The number of para-hydroxylation sites is 1. The van der Waals surface area contributed by atoms with Gasteiger partial charge in [0.1, 0.15) is 0 Å². The van der Waals surface area contributed by atoms with Crippen molar-refractivity contribution < 1.29 is 14.4 Å². The topological polar surface area (TPSA) is 71.6 Å². The zero-order valence-corrected chi connectivity index (χ0v) is 11.3. The molecule has 2 rings (SSSR count). The summed E-state index contributed by atoms with van der Waals surface area (Å²) in [4.78, 5) is 6.25. The predicted molar refractivity (Wildman–Crippen MR) is 71.5 cm³/mol. The Hall–Kier alpha value is -2.24. The van der Waals surface area contributed by atoms with Crippen LogP contribution in [0.1, 0.15) is 13.8 Å². The summed E-state index contributed by atoms with van der Waals surface area (Å²) in [5, 5.41) is 14.0. The van der Waals surface area contributed by atoms with Gasteiger partial charge >= 0.3 is 0 Å². The maximum atomic E-state index is 10.0. The molecule has 0 atom stereocenters. The third kappa shape index (κ3) is 2.47. The second-order valence-electron chi connectivity index (χ2n) is 3.93. The number of hydrogen-bond donors (Lipinski definition) is 1. The Morgan fingerprint density at radius 2 is 2.05 bits per heavy atom. The van der Waals surface area contributed by atoms with Gasteiger partial charge in [-0.2, -0.15) is 4.98 Å². The third-order valence-corrected chi connectivity index (χ3v) is 2.91. The molecule has 0 spiro atoms. The van der Waals surface area contributed by atoms with Crippen LogP contribution in [-0.2, 0) is 0 Å². The number of nitrogens with zero attached hydrogens (tertiary/aromatic N) is 3. The molecule has 0 bridgehead atoms. The minimum Gasteiger partial charge on any atom is -0.504 e. The number of rotatable bonds is 5. The van der Waals surface area contributed by atoms with Crippen molar-refractivity contribution >= 4 is 5.95 Å². The van der Waals surface area contributed by atoms with Crippen molar-refractivity contribution in [2.45, 2.75) is 13.8 Å². The number of phenols is 1. The van der Waals surface area contributed by atoms with E-state index in [4.69, 9.17) is 9.26 Å². The van der Waals surface area contributed by atoms with Gasteiger partial charge in [0.15, 0.2) is 11.5 Å². The van der Waals surface area contributed by atoms with Gasteiger partial charge in [-0.05, 0) is 31.1 Å². The number of methoxy groups -OCH3 is 1. The molecule has 102 valence electrons. The van der Waals surface area contributed by atoms with E-state index in [2.05, 4.69) is 10.1 Å². The first kappa shape index (κ1) is 13.2. The molecule has 19 heavy (non-hydrogen) atoms. The summed E-state index contributed by atoms with van der Waals surface area (Å²) in [5.74, 6) is 1.17. The van der Waals surface area contributed by atoms with Gasteiger partial charge in [-0.25, -0.2) is 0 Å². The second kappa shape index (κ2) is 5.60. The Labute approximate surface area is 111 Å². The Bertz CT molecular complexity index is 550. The lowest BCUT2D eigenvalue weighted by Gasteiger charge is -2.14. The van der Waals surface area contributed by atoms with E-state index >= 15 is 0 Å². The van der Waals surface area contributed by atoms with Gasteiger partial charge in [0.05, 0.1) is 12.7 Å². The third-order valence-electron chi connectivity index (χ3n) is 2.91.